The average molecular weight is 458 g/mol. The molecule has 0 radical (unpaired) electrons. The zero-order valence-corrected chi connectivity index (χ0v) is 18.3. The van der Waals surface area contributed by atoms with Crippen LogP contribution in [0.25, 0.3) is 18.2 Å². The standard InChI is InChI=1S/C25H17Cl2N5/c26-24-10-7-22(32-24)15-20-4-3-18(30-20)13-17-1-2-19(29-17)14-21-5-6-23(31-21)25(24,27)16-8-11-28-12-9-16/h1-15,30-31H. The van der Waals surface area contributed by atoms with Crippen LogP contribution in [-0.4, -0.2) is 31.4 Å². The molecule has 3 aliphatic rings. The van der Waals surface area contributed by atoms with Gasteiger partial charge in [-0.25, -0.2) is 4.99 Å². The summed E-state index contributed by atoms with van der Waals surface area (Å²) in [5, 5.41) is 1.87. The largest absolute Gasteiger partial charge is 0.357 e. The number of aliphatic imine (C=N–C) groups is 2. The van der Waals surface area contributed by atoms with Crippen LogP contribution in [0.2, 0.25) is 0 Å². The minimum absolute atomic E-state index is 0.728. The number of pyridine rings is 1. The molecule has 3 aliphatic heterocycles. The summed E-state index contributed by atoms with van der Waals surface area (Å²) in [5.41, 5.74) is 4.85. The summed E-state index contributed by atoms with van der Waals surface area (Å²) in [4.78, 5) is 18.1. The number of halogens is 2. The quantitative estimate of drug-likeness (QED) is 0.423. The van der Waals surface area contributed by atoms with Crippen molar-refractivity contribution >= 4 is 52.9 Å². The van der Waals surface area contributed by atoms with Crippen LogP contribution in [0.1, 0.15) is 17.0 Å². The van der Waals surface area contributed by atoms with E-state index in [0.29, 0.717) is 0 Å². The predicted molar refractivity (Wildman–Crippen MR) is 130 cm³/mol. The van der Waals surface area contributed by atoms with Crippen LogP contribution in [0.3, 0.4) is 0 Å². The molecule has 3 aromatic rings. The molecule has 0 spiro atoms. The lowest BCUT2D eigenvalue weighted by atomic mass is 9.88. The Hall–Kier alpha value is -3.41. The van der Waals surface area contributed by atoms with E-state index in [1.807, 2.05) is 78.9 Å². The lowest BCUT2D eigenvalue weighted by Crippen LogP contribution is -2.41. The number of alkyl halides is 2. The van der Waals surface area contributed by atoms with E-state index in [1.54, 1.807) is 12.4 Å². The lowest BCUT2D eigenvalue weighted by Gasteiger charge is -2.36. The van der Waals surface area contributed by atoms with Gasteiger partial charge in [-0.2, -0.15) is 0 Å². The molecule has 156 valence electrons. The molecule has 2 atom stereocenters. The number of fused-ring (bicyclic) bond motifs is 6. The first kappa shape index (κ1) is 19.3. The van der Waals surface area contributed by atoms with Gasteiger partial charge in [0.2, 0.25) is 0 Å². The monoisotopic (exact) mass is 457 g/mol. The average Bonchev–Trinajstić information content (AvgIpc) is 3.58. The fourth-order valence-corrected chi connectivity index (χ4v) is 4.90. The molecule has 0 fully saturated rings. The molecule has 0 saturated heterocycles. The highest BCUT2D eigenvalue weighted by Gasteiger charge is 2.53. The van der Waals surface area contributed by atoms with E-state index in [9.17, 15) is 0 Å². The zero-order chi connectivity index (χ0) is 21.8. The third-order valence-electron chi connectivity index (χ3n) is 5.73. The number of hydrogen-bond donors (Lipinski definition) is 2. The molecule has 32 heavy (non-hydrogen) atoms. The van der Waals surface area contributed by atoms with E-state index in [0.717, 1.165) is 44.8 Å². The molecule has 6 rings (SSSR count). The second kappa shape index (κ2) is 7.05. The topological polar surface area (TPSA) is 69.2 Å². The first-order valence-electron chi connectivity index (χ1n) is 10.2. The Morgan fingerprint density at radius 1 is 0.750 bits per heavy atom. The third-order valence-corrected chi connectivity index (χ3v) is 7.03. The van der Waals surface area contributed by atoms with Gasteiger partial charge < -0.3 is 9.97 Å². The molecule has 2 unspecified atom stereocenters. The Kier molecular flexibility index (Phi) is 4.25. The summed E-state index contributed by atoms with van der Waals surface area (Å²) >= 11 is 14.6. The molecular formula is C25H17Cl2N5. The summed E-state index contributed by atoms with van der Waals surface area (Å²) in [6.45, 7) is 0. The summed E-state index contributed by atoms with van der Waals surface area (Å²) in [6, 6.07) is 11.6. The fourth-order valence-electron chi connectivity index (χ4n) is 4.19. The van der Waals surface area contributed by atoms with Crippen LogP contribution in [0.4, 0.5) is 0 Å². The zero-order valence-electron chi connectivity index (χ0n) is 16.8. The maximum absolute atomic E-state index is 7.41. The molecule has 0 aromatic carbocycles. The molecule has 2 N–H and O–H groups in total. The Bertz CT molecular complexity index is 1500. The van der Waals surface area contributed by atoms with Crippen LogP contribution in [0.5, 0.6) is 0 Å². The summed E-state index contributed by atoms with van der Waals surface area (Å²) in [6.07, 6.45) is 17.1. The van der Waals surface area contributed by atoms with Crippen LogP contribution < -0.4 is 10.7 Å². The summed E-state index contributed by atoms with van der Waals surface area (Å²) < 4.78 is 0. The Morgan fingerprint density at radius 3 is 2.34 bits per heavy atom. The van der Waals surface area contributed by atoms with E-state index in [-0.39, 0.29) is 0 Å². The van der Waals surface area contributed by atoms with Crippen molar-refractivity contribution in [1.29, 1.82) is 0 Å². The van der Waals surface area contributed by atoms with E-state index < -0.39 is 9.87 Å². The molecule has 8 bridgehead atoms. The molecule has 3 aromatic heterocycles. The van der Waals surface area contributed by atoms with Crippen molar-refractivity contribution in [2.45, 2.75) is 9.87 Å². The van der Waals surface area contributed by atoms with Gasteiger partial charge >= 0.3 is 0 Å². The number of nitrogens with zero attached hydrogens (tertiary/aromatic N) is 3. The number of aromatic nitrogens is 3. The van der Waals surface area contributed by atoms with Crippen LogP contribution >= 0.6 is 23.2 Å². The predicted octanol–water partition coefficient (Wildman–Crippen LogP) is 3.79. The van der Waals surface area contributed by atoms with Gasteiger partial charge in [-0.05, 0) is 84.5 Å². The van der Waals surface area contributed by atoms with Gasteiger partial charge in [-0.1, -0.05) is 11.6 Å². The van der Waals surface area contributed by atoms with Gasteiger partial charge in [-0.3, -0.25) is 9.98 Å². The van der Waals surface area contributed by atoms with E-state index >= 15 is 0 Å². The van der Waals surface area contributed by atoms with E-state index in [1.165, 1.54) is 0 Å². The number of aromatic amines is 2. The van der Waals surface area contributed by atoms with Crippen molar-refractivity contribution in [2.75, 3.05) is 0 Å². The van der Waals surface area contributed by atoms with Gasteiger partial charge in [0, 0.05) is 34.5 Å². The third kappa shape index (κ3) is 3.05. The fraction of sp³-hybridized carbons (Fsp3) is 0.0800. The Morgan fingerprint density at radius 2 is 1.53 bits per heavy atom. The van der Waals surface area contributed by atoms with Crippen molar-refractivity contribution in [3.63, 3.8) is 0 Å². The molecule has 6 heterocycles. The molecular weight excluding hydrogens is 441 g/mol. The highest BCUT2D eigenvalue weighted by molar-refractivity contribution is 6.39. The Balaban J connectivity index is 1.63. The number of H-pyrrole nitrogens is 2. The highest BCUT2D eigenvalue weighted by atomic mass is 35.5. The van der Waals surface area contributed by atoms with Gasteiger partial charge in [0.15, 0.2) is 9.87 Å². The van der Waals surface area contributed by atoms with Crippen molar-refractivity contribution in [3.8, 4) is 0 Å². The molecule has 5 nitrogen and oxygen atoms in total. The molecule has 0 amide bonds. The molecule has 7 heteroatoms. The summed E-state index contributed by atoms with van der Waals surface area (Å²) in [5.74, 6) is 0. The maximum atomic E-state index is 7.41. The minimum atomic E-state index is -1.24. The normalized spacial score (nSPS) is 25.6. The summed E-state index contributed by atoms with van der Waals surface area (Å²) in [7, 11) is 0. The van der Waals surface area contributed by atoms with E-state index in [4.69, 9.17) is 33.2 Å². The highest BCUT2D eigenvalue weighted by Crippen LogP contribution is 2.52. The van der Waals surface area contributed by atoms with Crippen molar-refractivity contribution in [1.82, 2.24) is 15.0 Å². The number of allylic oxidation sites excluding steroid dienone is 3. The van der Waals surface area contributed by atoms with Crippen LogP contribution in [0, 0.1) is 0 Å². The number of rotatable bonds is 1. The van der Waals surface area contributed by atoms with Gasteiger partial charge in [0.1, 0.15) is 0 Å². The van der Waals surface area contributed by atoms with Crippen molar-refractivity contribution < 1.29 is 0 Å². The molecule has 0 saturated carbocycles. The first-order chi connectivity index (χ1) is 15.5. The smallest absolute Gasteiger partial charge is 0.181 e. The number of nitrogens with one attached hydrogen (secondary N) is 2. The molecule has 0 aliphatic carbocycles. The lowest BCUT2D eigenvalue weighted by molar-refractivity contribution is 0.569. The minimum Gasteiger partial charge on any atom is -0.357 e. The van der Waals surface area contributed by atoms with Crippen molar-refractivity contribution in [2.24, 2.45) is 9.98 Å². The van der Waals surface area contributed by atoms with Crippen LogP contribution in [-0.2, 0) is 4.87 Å². The van der Waals surface area contributed by atoms with Crippen molar-refractivity contribution in [3.05, 3.63) is 106 Å². The maximum Gasteiger partial charge on any atom is 0.181 e. The van der Waals surface area contributed by atoms with Gasteiger partial charge in [0.25, 0.3) is 0 Å². The SMILES string of the molecule is ClC12C=CC(=N1)C=c1ccc([nH]1)=CC1=NC(=Cc3ccc([nH]3)C2(Cl)c2ccncc2)C=C1. The van der Waals surface area contributed by atoms with Crippen LogP contribution in [0.15, 0.2) is 88.8 Å². The van der Waals surface area contributed by atoms with Gasteiger partial charge in [-0.15, -0.1) is 11.6 Å². The van der Waals surface area contributed by atoms with Gasteiger partial charge in [0.05, 0.1) is 17.1 Å². The second-order valence-corrected chi connectivity index (χ2v) is 9.01. The van der Waals surface area contributed by atoms with E-state index in [2.05, 4.69) is 15.0 Å². The number of hydrogen-bond acceptors (Lipinski definition) is 3. The first-order valence-corrected chi connectivity index (χ1v) is 10.9. The Labute approximate surface area is 193 Å². The second-order valence-electron chi connectivity index (χ2n) is 7.86.